The molecule has 0 aliphatic carbocycles. The molecule has 2 rings (SSSR count). The van der Waals surface area contributed by atoms with Crippen molar-refractivity contribution in [2.75, 3.05) is 33.0 Å². The number of hydrogen-bond acceptors (Lipinski definition) is 6. The maximum atomic E-state index is 12.8. The van der Waals surface area contributed by atoms with Gasteiger partial charge in [-0.1, -0.05) is 96.5 Å². The van der Waals surface area contributed by atoms with Crippen LogP contribution in [0.1, 0.15) is 116 Å². The third-order valence-electron chi connectivity index (χ3n) is 7.49. The number of hydrogen-bond donors (Lipinski definition) is 0. The summed E-state index contributed by atoms with van der Waals surface area (Å²) in [5.41, 5.74) is 0.844. The molecule has 0 N–H and O–H groups in total. The average molecular weight is 691 g/mol. The number of amides is 2. The zero-order valence-corrected chi connectivity index (χ0v) is 28.0. The molecule has 1 aromatic heterocycles. The molecule has 1 fully saturated rings. The zero-order chi connectivity index (χ0) is 28.9. The topological polar surface area (TPSA) is 78.2 Å². The SMILES string of the molecule is CCCCCCCCCCCCCCCCOCC1(COC(=O)N(Cc2cccc[n+]2CC)C(C)=O)OCCO1.[I-]. The quantitative estimate of drug-likeness (QED) is 0.105. The van der Waals surface area contributed by atoms with Crippen LogP contribution in [0.25, 0.3) is 0 Å². The molecule has 1 saturated heterocycles. The highest BCUT2D eigenvalue weighted by molar-refractivity contribution is 5.90. The molecular weight excluding hydrogens is 635 g/mol. The van der Waals surface area contributed by atoms with Crippen LogP contribution in [-0.2, 0) is 36.8 Å². The second-order valence-electron chi connectivity index (χ2n) is 10.9. The second-order valence-corrected chi connectivity index (χ2v) is 10.9. The van der Waals surface area contributed by atoms with Gasteiger partial charge in [-0.15, -0.1) is 0 Å². The third kappa shape index (κ3) is 15.7. The van der Waals surface area contributed by atoms with Gasteiger partial charge in [-0.25, -0.2) is 14.3 Å². The monoisotopic (exact) mass is 690 g/mol. The first-order chi connectivity index (χ1) is 19.5. The summed E-state index contributed by atoms with van der Waals surface area (Å²) in [5, 5.41) is 0. The highest BCUT2D eigenvalue weighted by Crippen LogP contribution is 2.22. The Kier molecular flexibility index (Phi) is 21.3. The molecule has 1 aliphatic rings. The smallest absolute Gasteiger partial charge is 0.417 e. The van der Waals surface area contributed by atoms with Crippen LogP contribution in [0.5, 0.6) is 0 Å². The van der Waals surface area contributed by atoms with Crippen LogP contribution in [0.4, 0.5) is 4.79 Å². The van der Waals surface area contributed by atoms with Gasteiger partial charge in [-0.3, -0.25) is 4.79 Å². The lowest BCUT2D eigenvalue weighted by molar-refractivity contribution is -0.701. The molecule has 0 bridgehead atoms. The second kappa shape index (κ2) is 23.2. The molecule has 0 atom stereocenters. The predicted octanol–water partition coefficient (Wildman–Crippen LogP) is 3.72. The van der Waals surface area contributed by atoms with Gasteiger partial charge in [0.1, 0.15) is 26.3 Å². The van der Waals surface area contributed by atoms with E-state index in [2.05, 4.69) is 6.92 Å². The van der Waals surface area contributed by atoms with Crippen LogP contribution < -0.4 is 28.5 Å². The summed E-state index contributed by atoms with van der Waals surface area (Å²) in [7, 11) is 0. The Hall–Kier alpha value is -1.30. The fourth-order valence-electron chi connectivity index (χ4n) is 5.01. The Morgan fingerprint density at radius 1 is 0.854 bits per heavy atom. The van der Waals surface area contributed by atoms with Gasteiger partial charge in [-0.05, 0) is 13.3 Å². The van der Waals surface area contributed by atoms with Gasteiger partial charge in [0.05, 0.1) is 13.2 Å². The number of aromatic nitrogens is 1. The van der Waals surface area contributed by atoms with E-state index in [-0.39, 0.29) is 49.6 Å². The first-order valence-electron chi connectivity index (χ1n) is 15.8. The van der Waals surface area contributed by atoms with Crippen LogP contribution in [-0.4, -0.2) is 55.7 Å². The van der Waals surface area contributed by atoms with E-state index in [4.69, 9.17) is 18.9 Å². The minimum absolute atomic E-state index is 0. The van der Waals surface area contributed by atoms with Crippen LogP contribution in [0, 0.1) is 0 Å². The van der Waals surface area contributed by atoms with Crippen molar-refractivity contribution in [1.29, 1.82) is 0 Å². The number of aryl methyl sites for hydroxylation is 1. The molecule has 2 amide bonds. The number of nitrogens with zero attached hydrogens (tertiary/aromatic N) is 2. The van der Waals surface area contributed by atoms with Crippen molar-refractivity contribution in [2.24, 2.45) is 0 Å². The molecule has 8 nitrogen and oxygen atoms in total. The largest absolute Gasteiger partial charge is 1.00 e. The van der Waals surface area contributed by atoms with E-state index in [0.29, 0.717) is 19.8 Å². The van der Waals surface area contributed by atoms with Gasteiger partial charge in [0, 0.05) is 25.7 Å². The highest BCUT2D eigenvalue weighted by atomic mass is 127. The molecule has 9 heteroatoms. The molecule has 0 unspecified atom stereocenters. The number of pyridine rings is 1. The van der Waals surface area contributed by atoms with Crippen molar-refractivity contribution in [3.63, 3.8) is 0 Å². The number of carbonyl (C=O) groups is 2. The molecule has 0 radical (unpaired) electrons. The van der Waals surface area contributed by atoms with Gasteiger partial charge in [0.15, 0.2) is 6.20 Å². The molecule has 0 spiro atoms. The molecule has 0 saturated carbocycles. The van der Waals surface area contributed by atoms with Crippen molar-refractivity contribution in [3.05, 3.63) is 30.1 Å². The fraction of sp³-hybridized carbons (Fsp3) is 0.781. The van der Waals surface area contributed by atoms with Gasteiger partial charge in [0.2, 0.25) is 17.4 Å². The summed E-state index contributed by atoms with van der Waals surface area (Å²) in [4.78, 5) is 26.2. The van der Waals surface area contributed by atoms with Crippen molar-refractivity contribution in [1.82, 2.24) is 4.90 Å². The summed E-state index contributed by atoms with van der Waals surface area (Å²) >= 11 is 0. The minimum atomic E-state index is -1.12. The molecule has 0 aromatic carbocycles. The van der Waals surface area contributed by atoms with E-state index in [1.807, 2.05) is 35.9 Å². The number of imide groups is 1. The third-order valence-corrected chi connectivity index (χ3v) is 7.49. The van der Waals surface area contributed by atoms with Gasteiger partial charge in [0.25, 0.3) is 0 Å². The Morgan fingerprint density at radius 3 is 1.95 bits per heavy atom. The first kappa shape index (κ1) is 37.7. The highest BCUT2D eigenvalue weighted by Gasteiger charge is 2.39. The van der Waals surface area contributed by atoms with E-state index in [1.54, 1.807) is 0 Å². The molecule has 1 aliphatic heterocycles. The number of rotatable bonds is 22. The maximum Gasteiger partial charge on any atom is 0.417 e. The lowest BCUT2D eigenvalue weighted by Crippen LogP contribution is -3.00. The normalized spacial score (nSPS) is 14.0. The van der Waals surface area contributed by atoms with Crippen LogP contribution in [0.15, 0.2) is 24.4 Å². The van der Waals surface area contributed by atoms with E-state index in [9.17, 15) is 9.59 Å². The van der Waals surface area contributed by atoms with Gasteiger partial charge < -0.3 is 42.9 Å². The van der Waals surface area contributed by atoms with E-state index < -0.39 is 11.9 Å². The zero-order valence-electron chi connectivity index (χ0n) is 25.9. The van der Waals surface area contributed by atoms with Crippen molar-refractivity contribution < 1.29 is 57.1 Å². The van der Waals surface area contributed by atoms with Crippen LogP contribution in [0.3, 0.4) is 0 Å². The van der Waals surface area contributed by atoms with Crippen molar-refractivity contribution in [2.45, 2.75) is 130 Å². The number of halogens is 1. The van der Waals surface area contributed by atoms with Gasteiger partial charge >= 0.3 is 6.09 Å². The number of carbonyl (C=O) groups excluding carboxylic acids is 2. The minimum Gasteiger partial charge on any atom is -1.00 e. The summed E-state index contributed by atoms with van der Waals surface area (Å²) in [6, 6.07) is 5.69. The fourth-order valence-corrected chi connectivity index (χ4v) is 5.01. The Balaban J connectivity index is 0.00000840. The maximum absolute atomic E-state index is 12.8. The standard InChI is InChI=1S/C32H55N2O6.HI/c1-4-6-7-8-9-10-11-12-13-14-15-16-17-20-23-37-27-32(39-24-25-40-32)28-38-31(36)34(29(3)35)26-30-21-18-19-22-33(30)5-2;/h18-19,21-22H,4-17,20,23-28H2,1-3H3;1H/q+1;/p-1. The van der Waals surface area contributed by atoms with Crippen LogP contribution >= 0.6 is 0 Å². The van der Waals surface area contributed by atoms with E-state index >= 15 is 0 Å². The lowest BCUT2D eigenvalue weighted by Gasteiger charge is -2.27. The lowest BCUT2D eigenvalue weighted by atomic mass is 10.0. The van der Waals surface area contributed by atoms with E-state index in [1.165, 1.54) is 84.0 Å². The number of ether oxygens (including phenoxy) is 4. The van der Waals surface area contributed by atoms with E-state index in [0.717, 1.165) is 30.0 Å². The summed E-state index contributed by atoms with van der Waals surface area (Å²) < 4.78 is 24.9. The molecule has 2 heterocycles. The van der Waals surface area contributed by atoms with Crippen molar-refractivity contribution in [3.8, 4) is 0 Å². The Bertz CT molecular complexity index is 834. The number of unbranched alkanes of at least 4 members (excludes halogenated alkanes) is 13. The molecule has 236 valence electrons. The Labute approximate surface area is 265 Å². The molecule has 1 aromatic rings. The summed E-state index contributed by atoms with van der Waals surface area (Å²) in [6.07, 6.45) is 19.6. The van der Waals surface area contributed by atoms with Crippen molar-refractivity contribution >= 4 is 12.0 Å². The Morgan fingerprint density at radius 2 is 1.41 bits per heavy atom. The molecule has 41 heavy (non-hydrogen) atoms. The average Bonchev–Trinajstić information content (AvgIpc) is 3.43. The predicted molar refractivity (Wildman–Crippen MR) is 156 cm³/mol. The first-order valence-corrected chi connectivity index (χ1v) is 15.8. The molecular formula is C32H55IN2O6. The van der Waals surface area contributed by atoms with Gasteiger partial charge in [-0.2, -0.15) is 0 Å². The summed E-state index contributed by atoms with van der Waals surface area (Å²) in [6.45, 7) is 8.01. The summed E-state index contributed by atoms with van der Waals surface area (Å²) in [5.74, 6) is -1.50. The van der Waals surface area contributed by atoms with Crippen LogP contribution in [0.2, 0.25) is 0 Å².